The van der Waals surface area contributed by atoms with Crippen molar-refractivity contribution in [3.63, 3.8) is 0 Å². The summed E-state index contributed by atoms with van der Waals surface area (Å²) in [6.45, 7) is 4.88. The summed E-state index contributed by atoms with van der Waals surface area (Å²) in [5.74, 6) is -0.234. The molecule has 98 valence electrons. The maximum atomic E-state index is 11.9. The molecule has 0 amide bonds. The first-order valence-corrected chi connectivity index (χ1v) is 6.01. The number of nitrogens with one attached hydrogen (secondary N) is 1. The summed E-state index contributed by atoms with van der Waals surface area (Å²) in [6, 6.07) is 0. The summed E-state index contributed by atoms with van der Waals surface area (Å²) >= 11 is 0. The lowest BCUT2D eigenvalue weighted by atomic mass is 9.88. The SMILES string of the molecule is CCCC(CCC)(NCCN=[N+]=[N-])C(=O)OC. The molecule has 0 rings (SSSR count). The number of carbonyl (C=O) groups excluding carboxylic acids is 1. The van der Waals surface area contributed by atoms with Crippen LogP contribution in [-0.2, 0) is 9.53 Å². The third-order valence-electron chi connectivity index (χ3n) is 2.67. The molecular formula is C11H22N4O2. The predicted molar refractivity (Wildman–Crippen MR) is 66.6 cm³/mol. The third kappa shape index (κ3) is 5.06. The van der Waals surface area contributed by atoms with Crippen LogP contribution in [0.5, 0.6) is 0 Å². The molecule has 0 radical (unpaired) electrons. The molecule has 0 bridgehead atoms. The molecule has 0 aliphatic carbocycles. The zero-order valence-electron chi connectivity index (χ0n) is 10.9. The van der Waals surface area contributed by atoms with Gasteiger partial charge in [-0.3, -0.25) is 4.79 Å². The van der Waals surface area contributed by atoms with Gasteiger partial charge in [0.15, 0.2) is 0 Å². The number of nitrogens with zero attached hydrogens (tertiary/aromatic N) is 3. The van der Waals surface area contributed by atoms with E-state index in [1.165, 1.54) is 7.11 Å². The molecule has 17 heavy (non-hydrogen) atoms. The molecule has 6 nitrogen and oxygen atoms in total. The van der Waals surface area contributed by atoms with Crippen LogP contribution >= 0.6 is 0 Å². The van der Waals surface area contributed by atoms with Crippen molar-refractivity contribution in [3.05, 3.63) is 10.4 Å². The van der Waals surface area contributed by atoms with Gasteiger partial charge in [-0.1, -0.05) is 31.8 Å². The molecule has 0 spiro atoms. The Hall–Kier alpha value is -1.26. The Bertz CT molecular complexity index is 269. The van der Waals surface area contributed by atoms with E-state index >= 15 is 0 Å². The highest BCUT2D eigenvalue weighted by atomic mass is 16.5. The van der Waals surface area contributed by atoms with Crippen LogP contribution in [0, 0.1) is 0 Å². The molecule has 0 atom stereocenters. The highest BCUT2D eigenvalue weighted by molar-refractivity contribution is 5.80. The second-order valence-electron chi connectivity index (χ2n) is 3.95. The highest BCUT2D eigenvalue weighted by Gasteiger charge is 2.36. The molecule has 1 N–H and O–H groups in total. The van der Waals surface area contributed by atoms with Crippen LogP contribution in [0.15, 0.2) is 5.11 Å². The van der Waals surface area contributed by atoms with Gasteiger partial charge in [-0.15, -0.1) is 0 Å². The maximum Gasteiger partial charge on any atom is 0.326 e. The van der Waals surface area contributed by atoms with Crippen LogP contribution in [-0.4, -0.2) is 31.7 Å². The summed E-state index contributed by atoms with van der Waals surface area (Å²) in [5, 5.41) is 6.63. The molecule has 0 aromatic rings. The second-order valence-corrected chi connectivity index (χ2v) is 3.95. The number of esters is 1. The molecule has 0 unspecified atom stereocenters. The van der Waals surface area contributed by atoms with Crippen LogP contribution in [0.2, 0.25) is 0 Å². The quantitative estimate of drug-likeness (QED) is 0.221. The molecule has 0 saturated carbocycles. The molecule has 0 aromatic heterocycles. The Morgan fingerprint density at radius 3 is 2.41 bits per heavy atom. The van der Waals surface area contributed by atoms with Crippen molar-refractivity contribution < 1.29 is 9.53 Å². The molecular weight excluding hydrogens is 220 g/mol. The summed E-state index contributed by atoms with van der Waals surface area (Å²) < 4.78 is 4.87. The van der Waals surface area contributed by atoms with Crippen LogP contribution in [0.25, 0.3) is 10.4 Å². The van der Waals surface area contributed by atoms with E-state index in [2.05, 4.69) is 15.3 Å². The van der Waals surface area contributed by atoms with Gasteiger partial charge in [0.25, 0.3) is 0 Å². The van der Waals surface area contributed by atoms with Gasteiger partial charge in [-0.25, -0.2) is 0 Å². The minimum atomic E-state index is -0.636. The van der Waals surface area contributed by atoms with Crippen LogP contribution < -0.4 is 5.32 Å². The Morgan fingerprint density at radius 1 is 1.41 bits per heavy atom. The summed E-state index contributed by atoms with van der Waals surface area (Å²) in [6.07, 6.45) is 3.24. The number of ether oxygens (including phenoxy) is 1. The smallest absolute Gasteiger partial charge is 0.326 e. The summed E-state index contributed by atoms with van der Waals surface area (Å²) in [4.78, 5) is 14.6. The fourth-order valence-corrected chi connectivity index (χ4v) is 2.02. The zero-order valence-corrected chi connectivity index (χ0v) is 10.9. The first kappa shape index (κ1) is 15.7. The maximum absolute atomic E-state index is 11.9. The lowest BCUT2D eigenvalue weighted by Gasteiger charge is -2.31. The van der Waals surface area contributed by atoms with Crippen molar-refractivity contribution >= 4 is 5.97 Å². The number of azide groups is 1. The van der Waals surface area contributed by atoms with Gasteiger partial charge < -0.3 is 10.1 Å². The van der Waals surface area contributed by atoms with Crippen molar-refractivity contribution in [2.45, 2.75) is 45.1 Å². The van der Waals surface area contributed by atoms with Crippen LogP contribution in [0.3, 0.4) is 0 Å². The minimum Gasteiger partial charge on any atom is -0.468 e. The zero-order chi connectivity index (χ0) is 13.1. The van der Waals surface area contributed by atoms with Gasteiger partial charge in [0.05, 0.1) is 7.11 Å². The molecule has 0 fully saturated rings. The number of methoxy groups -OCH3 is 1. The van der Waals surface area contributed by atoms with Gasteiger partial charge in [0, 0.05) is 18.0 Å². The number of hydrogen-bond donors (Lipinski definition) is 1. The molecule has 0 aliphatic heterocycles. The topological polar surface area (TPSA) is 87.1 Å². The molecule has 6 heteroatoms. The largest absolute Gasteiger partial charge is 0.468 e. The average Bonchev–Trinajstić information content (AvgIpc) is 2.34. The number of rotatable bonds is 9. The first-order chi connectivity index (χ1) is 8.16. The fraction of sp³-hybridized carbons (Fsp3) is 0.909. The van der Waals surface area contributed by atoms with E-state index in [4.69, 9.17) is 10.3 Å². The molecule has 0 heterocycles. The van der Waals surface area contributed by atoms with Crippen molar-refractivity contribution in [2.75, 3.05) is 20.2 Å². The third-order valence-corrected chi connectivity index (χ3v) is 2.67. The molecule has 0 aromatic carbocycles. The van der Waals surface area contributed by atoms with Gasteiger partial charge in [0.1, 0.15) is 5.54 Å². The van der Waals surface area contributed by atoms with E-state index in [9.17, 15) is 4.79 Å². The molecule has 0 aliphatic rings. The fourth-order valence-electron chi connectivity index (χ4n) is 2.02. The standard InChI is InChI=1S/C11H22N4O2/c1-4-6-11(7-5-2,10(16)17-3)13-8-9-14-15-12/h13H,4-9H2,1-3H3. The molecule has 0 saturated heterocycles. The van der Waals surface area contributed by atoms with Gasteiger partial charge in [0.2, 0.25) is 0 Å². The van der Waals surface area contributed by atoms with Crippen molar-refractivity contribution in [1.29, 1.82) is 0 Å². The lowest BCUT2D eigenvalue weighted by Crippen LogP contribution is -2.53. The van der Waals surface area contributed by atoms with Crippen molar-refractivity contribution in [2.24, 2.45) is 5.11 Å². The minimum absolute atomic E-state index is 0.234. The van der Waals surface area contributed by atoms with Gasteiger partial charge >= 0.3 is 5.97 Å². The average molecular weight is 242 g/mol. The van der Waals surface area contributed by atoms with E-state index in [0.29, 0.717) is 13.1 Å². The second kappa shape index (κ2) is 8.84. The first-order valence-electron chi connectivity index (χ1n) is 6.01. The number of hydrogen-bond acceptors (Lipinski definition) is 4. The van der Waals surface area contributed by atoms with Crippen LogP contribution in [0.4, 0.5) is 0 Å². The number of carbonyl (C=O) groups is 1. The van der Waals surface area contributed by atoms with E-state index in [1.807, 2.05) is 13.8 Å². The Morgan fingerprint density at radius 2 is 2.00 bits per heavy atom. The summed E-state index contributed by atoms with van der Waals surface area (Å²) in [5.41, 5.74) is 7.56. The lowest BCUT2D eigenvalue weighted by molar-refractivity contribution is -0.149. The van der Waals surface area contributed by atoms with E-state index in [-0.39, 0.29) is 5.97 Å². The predicted octanol–water partition coefficient (Wildman–Crippen LogP) is 2.40. The highest BCUT2D eigenvalue weighted by Crippen LogP contribution is 2.21. The van der Waals surface area contributed by atoms with E-state index in [1.54, 1.807) is 0 Å². The monoisotopic (exact) mass is 242 g/mol. The van der Waals surface area contributed by atoms with Gasteiger partial charge in [-0.2, -0.15) is 0 Å². The van der Waals surface area contributed by atoms with Crippen molar-refractivity contribution in [3.8, 4) is 0 Å². The van der Waals surface area contributed by atoms with Crippen molar-refractivity contribution in [1.82, 2.24) is 5.32 Å². The van der Waals surface area contributed by atoms with Crippen LogP contribution in [0.1, 0.15) is 39.5 Å². The Kier molecular flexibility index (Phi) is 8.19. The summed E-state index contributed by atoms with van der Waals surface area (Å²) in [7, 11) is 1.40. The van der Waals surface area contributed by atoms with E-state index < -0.39 is 5.54 Å². The van der Waals surface area contributed by atoms with E-state index in [0.717, 1.165) is 25.7 Å². The Balaban J connectivity index is 4.63. The Labute approximate surface area is 102 Å². The van der Waals surface area contributed by atoms with Gasteiger partial charge in [-0.05, 0) is 18.4 Å². The normalized spacial score (nSPS) is 10.8.